The average Bonchev–Trinajstić information content (AvgIpc) is 2.78. The minimum absolute atomic E-state index is 0.365. The number of aromatic nitrogens is 3. The Bertz CT molecular complexity index is 502. The van der Waals surface area contributed by atoms with Crippen LogP contribution in [0.4, 0.5) is 0 Å². The van der Waals surface area contributed by atoms with Gasteiger partial charge >= 0.3 is 0 Å². The summed E-state index contributed by atoms with van der Waals surface area (Å²) in [4.78, 5) is 15.0. The zero-order valence-corrected chi connectivity index (χ0v) is 9.29. The van der Waals surface area contributed by atoms with Gasteiger partial charge in [-0.2, -0.15) is 5.10 Å². The van der Waals surface area contributed by atoms with Gasteiger partial charge in [0, 0.05) is 12.4 Å². The Labute approximate surface area is 93.9 Å². The summed E-state index contributed by atoms with van der Waals surface area (Å²) in [5, 5.41) is 4.38. The molecule has 0 aliphatic rings. The minimum atomic E-state index is 0.365. The van der Waals surface area contributed by atoms with Crippen LogP contribution in [-0.4, -0.2) is 21.1 Å². The molecule has 0 spiro atoms. The molecule has 0 N–H and O–H groups in total. The van der Waals surface area contributed by atoms with Crippen LogP contribution in [-0.2, 0) is 0 Å². The fourth-order valence-electron chi connectivity index (χ4n) is 1.46. The third-order valence-electron chi connectivity index (χ3n) is 2.36. The second-order valence-corrected chi connectivity index (χ2v) is 3.87. The molecular formula is C12H13N3O. The topological polar surface area (TPSA) is 47.8 Å². The summed E-state index contributed by atoms with van der Waals surface area (Å²) in [5.41, 5.74) is 1.53. The van der Waals surface area contributed by atoms with Crippen molar-refractivity contribution in [3.8, 4) is 5.82 Å². The highest BCUT2D eigenvalue weighted by atomic mass is 16.1. The monoisotopic (exact) mass is 215 g/mol. The molecule has 0 atom stereocenters. The lowest BCUT2D eigenvalue weighted by atomic mass is 10.1. The van der Waals surface area contributed by atoms with E-state index >= 15 is 0 Å². The van der Waals surface area contributed by atoms with Crippen molar-refractivity contribution in [3.63, 3.8) is 0 Å². The summed E-state index contributed by atoms with van der Waals surface area (Å²) < 4.78 is 1.64. The number of carbonyl (C=O) groups is 1. The highest BCUT2D eigenvalue weighted by Crippen LogP contribution is 2.14. The van der Waals surface area contributed by atoms with Crippen LogP contribution in [0.2, 0.25) is 0 Å². The van der Waals surface area contributed by atoms with E-state index in [1.807, 2.05) is 12.3 Å². The van der Waals surface area contributed by atoms with Crippen molar-refractivity contribution in [2.24, 2.45) is 0 Å². The van der Waals surface area contributed by atoms with Crippen molar-refractivity contribution in [3.05, 3.63) is 41.9 Å². The van der Waals surface area contributed by atoms with Crippen LogP contribution in [0.5, 0.6) is 0 Å². The Hall–Kier alpha value is -1.97. The number of nitrogens with zero attached hydrogens (tertiary/aromatic N) is 3. The molecule has 2 rings (SSSR count). The van der Waals surface area contributed by atoms with Crippen LogP contribution in [0.1, 0.15) is 35.8 Å². The van der Waals surface area contributed by atoms with Crippen LogP contribution in [0, 0.1) is 0 Å². The Morgan fingerprint density at radius 1 is 1.38 bits per heavy atom. The van der Waals surface area contributed by atoms with Crippen molar-refractivity contribution in [1.82, 2.24) is 14.8 Å². The number of hydrogen-bond acceptors (Lipinski definition) is 3. The van der Waals surface area contributed by atoms with Gasteiger partial charge in [-0.05, 0) is 24.1 Å². The summed E-state index contributed by atoms with van der Waals surface area (Å²) in [7, 11) is 0. The van der Waals surface area contributed by atoms with Crippen LogP contribution in [0.15, 0.2) is 30.6 Å². The van der Waals surface area contributed by atoms with Gasteiger partial charge in [-0.3, -0.25) is 4.79 Å². The Morgan fingerprint density at radius 3 is 2.81 bits per heavy atom. The predicted molar refractivity (Wildman–Crippen MR) is 60.8 cm³/mol. The van der Waals surface area contributed by atoms with Gasteiger partial charge in [-0.1, -0.05) is 13.8 Å². The summed E-state index contributed by atoms with van der Waals surface area (Å²) in [6.45, 7) is 4.15. The van der Waals surface area contributed by atoms with Gasteiger partial charge in [-0.25, -0.2) is 9.67 Å². The summed E-state index contributed by atoms with van der Waals surface area (Å²) in [6, 6.07) is 5.40. The molecular weight excluding hydrogens is 202 g/mol. The average molecular weight is 215 g/mol. The maximum absolute atomic E-state index is 10.9. The first kappa shape index (κ1) is 10.5. The standard InChI is InChI=1S/C12H13N3O/c1-9(2)11-5-7-15(14-11)12-10(8-16)4-3-6-13-12/h3-9H,1-2H3. The Morgan fingerprint density at radius 2 is 2.19 bits per heavy atom. The van der Waals surface area contributed by atoms with Gasteiger partial charge in [0.25, 0.3) is 0 Å². The maximum Gasteiger partial charge on any atom is 0.163 e. The third kappa shape index (κ3) is 1.86. The molecule has 0 unspecified atom stereocenters. The molecule has 0 bridgehead atoms. The third-order valence-corrected chi connectivity index (χ3v) is 2.36. The zero-order valence-electron chi connectivity index (χ0n) is 9.29. The van der Waals surface area contributed by atoms with E-state index < -0.39 is 0 Å². The minimum Gasteiger partial charge on any atom is -0.298 e. The van der Waals surface area contributed by atoms with E-state index in [1.54, 1.807) is 23.0 Å². The van der Waals surface area contributed by atoms with Gasteiger partial charge < -0.3 is 0 Å². The van der Waals surface area contributed by atoms with E-state index in [1.165, 1.54) is 0 Å². The van der Waals surface area contributed by atoms with Crippen LogP contribution >= 0.6 is 0 Å². The second kappa shape index (κ2) is 4.26. The largest absolute Gasteiger partial charge is 0.298 e. The normalized spacial score (nSPS) is 10.7. The first-order valence-electron chi connectivity index (χ1n) is 5.18. The molecule has 0 saturated heterocycles. The van der Waals surface area contributed by atoms with Gasteiger partial charge in [0.1, 0.15) is 0 Å². The fourth-order valence-corrected chi connectivity index (χ4v) is 1.46. The lowest BCUT2D eigenvalue weighted by molar-refractivity contribution is 0.112. The highest BCUT2D eigenvalue weighted by molar-refractivity contribution is 5.79. The molecule has 16 heavy (non-hydrogen) atoms. The van der Waals surface area contributed by atoms with Crippen molar-refractivity contribution in [2.45, 2.75) is 19.8 Å². The lowest BCUT2D eigenvalue weighted by Gasteiger charge is -2.03. The van der Waals surface area contributed by atoms with E-state index in [0.717, 1.165) is 12.0 Å². The van der Waals surface area contributed by atoms with Crippen molar-refractivity contribution >= 4 is 6.29 Å². The smallest absolute Gasteiger partial charge is 0.163 e. The first-order valence-corrected chi connectivity index (χ1v) is 5.18. The van der Waals surface area contributed by atoms with Crippen molar-refractivity contribution in [1.29, 1.82) is 0 Å². The Balaban J connectivity index is 2.46. The number of aldehydes is 1. The molecule has 0 aliphatic heterocycles. The molecule has 2 heterocycles. The lowest BCUT2D eigenvalue weighted by Crippen LogP contribution is -2.03. The van der Waals surface area contributed by atoms with E-state index in [0.29, 0.717) is 17.3 Å². The summed E-state index contributed by atoms with van der Waals surface area (Å²) in [5.74, 6) is 0.939. The quantitative estimate of drug-likeness (QED) is 0.737. The molecule has 82 valence electrons. The molecule has 0 aliphatic carbocycles. The molecule has 0 amide bonds. The molecule has 2 aromatic heterocycles. The van der Waals surface area contributed by atoms with E-state index in [-0.39, 0.29) is 0 Å². The molecule has 0 aromatic carbocycles. The van der Waals surface area contributed by atoms with Gasteiger partial charge in [0.15, 0.2) is 12.1 Å². The maximum atomic E-state index is 10.9. The SMILES string of the molecule is CC(C)c1ccn(-c2ncccc2C=O)n1. The fraction of sp³-hybridized carbons (Fsp3) is 0.250. The number of hydrogen-bond donors (Lipinski definition) is 0. The van der Waals surface area contributed by atoms with Crippen LogP contribution in [0.25, 0.3) is 5.82 Å². The van der Waals surface area contributed by atoms with Gasteiger partial charge in [-0.15, -0.1) is 0 Å². The van der Waals surface area contributed by atoms with Gasteiger partial charge in [0.05, 0.1) is 11.3 Å². The first-order chi connectivity index (χ1) is 7.72. The Kier molecular flexibility index (Phi) is 2.81. The molecule has 0 fully saturated rings. The molecule has 4 nitrogen and oxygen atoms in total. The number of carbonyl (C=O) groups excluding carboxylic acids is 1. The molecule has 2 aromatic rings. The van der Waals surface area contributed by atoms with Crippen molar-refractivity contribution in [2.75, 3.05) is 0 Å². The second-order valence-electron chi connectivity index (χ2n) is 3.87. The molecule has 0 saturated carbocycles. The molecule has 4 heteroatoms. The predicted octanol–water partition coefficient (Wildman–Crippen LogP) is 2.20. The van der Waals surface area contributed by atoms with E-state index in [2.05, 4.69) is 23.9 Å². The van der Waals surface area contributed by atoms with Crippen LogP contribution < -0.4 is 0 Å². The summed E-state index contributed by atoms with van der Waals surface area (Å²) >= 11 is 0. The molecule has 0 radical (unpaired) electrons. The van der Waals surface area contributed by atoms with Gasteiger partial charge in [0.2, 0.25) is 0 Å². The number of rotatable bonds is 3. The number of pyridine rings is 1. The van der Waals surface area contributed by atoms with Crippen LogP contribution in [0.3, 0.4) is 0 Å². The van der Waals surface area contributed by atoms with E-state index in [4.69, 9.17) is 0 Å². The van der Waals surface area contributed by atoms with E-state index in [9.17, 15) is 4.79 Å². The zero-order chi connectivity index (χ0) is 11.5. The summed E-state index contributed by atoms with van der Waals surface area (Å²) in [6.07, 6.45) is 4.27. The van der Waals surface area contributed by atoms with Crippen molar-refractivity contribution < 1.29 is 4.79 Å². The highest BCUT2D eigenvalue weighted by Gasteiger charge is 2.08.